The monoisotopic (exact) mass is 309 g/mol. The van der Waals surface area contributed by atoms with E-state index in [9.17, 15) is 4.79 Å². The molecule has 0 aliphatic heterocycles. The largest absolute Gasteiger partial charge is 0.437 e. The van der Waals surface area contributed by atoms with Crippen LogP contribution in [0.5, 0.6) is 11.6 Å². The average molecular weight is 309 g/mol. The molecule has 6 heteroatoms. The van der Waals surface area contributed by atoms with Crippen LogP contribution >= 0.6 is 0 Å². The van der Waals surface area contributed by atoms with Crippen LogP contribution in [0.25, 0.3) is 11.0 Å². The topological polar surface area (TPSA) is 84.3 Å². The molecule has 23 heavy (non-hydrogen) atoms. The number of hydrogen-bond acceptors (Lipinski definition) is 5. The molecule has 3 rings (SSSR count). The van der Waals surface area contributed by atoms with Gasteiger partial charge in [0.1, 0.15) is 5.75 Å². The highest BCUT2D eigenvalue weighted by molar-refractivity contribution is 5.94. The van der Waals surface area contributed by atoms with Gasteiger partial charge in [0.05, 0.1) is 23.8 Å². The molecular formula is C17H15N3O3. The molecular weight excluding hydrogens is 294 g/mol. The number of nitrogens with one attached hydrogen (secondary N) is 1. The van der Waals surface area contributed by atoms with Gasteiger partial charge in [0.2, 0.25) is 5.88 Å². The first-order chi connectivity index (χ1) is 11.3. The van der Waals surface area contributed by atoms with Gasteiger partial charge < -0.3 is 15.2 Å². The van der Waals surface area contributed by atoms with Crippen molar-refractivity contribution in [1.82, 2.24) is 15.3 Å². The number of aliphatic hydroxyl groups excluding tert-OH is 1. The Bertz CT molecular complexity index is 836. The van der Waals surface area contributed by atoms with Crippen LogP contribution in [0.15, 0.2) is 54.7 Å². The number of aromatic nitrogens is 2. The van der Waals surface area contributed by atoms with E-state index < -0.39 is 0 Å². The second kappa shape index (κ2) is 6.85. The Morgan fingerprint density at radius 1 is 1.13 bits per heavy atom. The number of ether oxygens (including phenoxy) is 1. The molecule has 0 aliphatic rings. The van der Waals surface area contributed by atoms with E-state index in [1.54, 1.807) is 30.5 Å². The van der Waals surface area contributed by atoms with E-state index in [2.05, 4.69) is 15.3 Å². The maximum absolute atomic E-state index is 11.9. The molecule has 0 bridgehead atoms. The van der Waals surface area contributed by atoms with Gasteiger partial charge in [-0.2, -0.15) is 0 Å². The van der Waals surface area contributed by atoms with Crippen molar-refractivity contribution < 1.29 is 14.6 Å². The summed E-state index contributed by atoms with van der Waals surface area (Å²) in [5.41, 5.74) is 1.98. The SMILES string of the molecule is O=C(NCCO)c1cccc(Oc2cnc3ccccc3n2)c1. The minimum Gasteiger partial charge on any atom is -0.437 e. The Kier molecular flexibility index (Phi) is 4.44. The highest BCUT2D eigenvalue weighted by atomic mass is 16.5. The van der Waals surface area contributed by atoms with E-state index >= 15 is 0 Å². The summed E-state index contributed by atoms with van der Waals surface area (Å²) in [6.07, 6.45) is 1.54. The second-order valence-corrected chi connectivity index (χ2v) is 4.81. The van der Waals surface area contributed by atoms with Crippen LogP contribution < -0.4 is 10.1 Å². The van der Waals surface area contributed by atoms with Crippen LogP contribution in [0.2, 0.25) is 0 Å². The van der Waals surface area contributed by atoms with Gasteiger partial charge in [0.25, 0.3) is 5.91 Å². The molecule has 1 aromatic heterocycles. The van der Waals surface area contributed by atoms with Crippen molar-refractivity contribution in [2.75, 3.05) is 13.2 Å². The molecule has 1 amide bonds. The van der Waals surface area contributed by atoms with Crippen molar-refractivity contribution in [3.63, 3.8) is 0 Å². The molecule has 0 aliphatic carbocycles. The molecule has 0 fully saturated rings. The number of benzene rings is 2. The fourth-order valence-electron chi connectivity index (χ4n) is 2.08. The molecule has 116 valence electrons. The van der Waals surface area contributed by atoms with E-state index in [1.165, 1.54) is 0 Å². The standard InChI is InChI=1S/C17H15N3O3/c21-9-8-18-17(22)12-4-3-5-13(10-12)23-16-11-19-14-6-1-2-7-15(14)20-16/h1-7,10-11,21H,8-9H2,(H,18,22). The number of carbonyl (C=O) groups excluding carboxylic acids is 1. The van der Waals surface area contributed by atoms with Crippen LogP contribution in [-0.4, -0.2) is 34.1 Å². The van der Waals surface area contributed by atoms with Gasteiger partial charge in [-0.25, -0.2) is 9.97 Å². The summed E-state index contributed by atoms with van der Waals surface area (Å²) in [5.74, 6) is 0.581. The third-order valence-corrected chi connectivity index (χ3v) is 3.14. The van der Waals surface area contributed by atoms with Crippen LogP contribution in [0, 0.1) is 0 Å². The molecule has 0 spiro atoms. The zero-order valence-corrected chi connectivity index (χ0v) is 12.3. The second-order valence-electron chi connectivity index (χ2n) is 4.81. The molecule has 0 saturated carbocycles. The number of amides is 1. The Morgan fingerprint density at radius 3 is 2.78 bits per heavy atom. The van der Waals surface area contributed by atoms with Crippen LogP contribution in [0.4, 0.5) is 0 Å². The lowest BCUT2D eigenvalue weighted by Gasteiger charge is -2.07. The lowest BCUT2D eigenvalue weighted by atomic mass is 10.2. The molecule has 0 unspecified atom stereocenters. The fraction of sp³-hybridized carbons (Fsp3) is 0.118. The number of carbonyl (C=O) groups is 1. The summed E-state index contributed by atoms with van der Waals surface area (Å²) in [4.78, 5) is 20.5. The van der Waals surface area contributed by atoms with Crippen molar-refractivity contribution >= 4 is 16.9 Å². The summed E-state index contributed by atoms with van der Waals surface area (Å²) in [5, 5.41) is 11.3. The summed E-state index contributed by atoms with van der Waals surface area (Å²) in [6.45, 7) is 0.106. The number of aliphatic hydroxyl groups is 1. The van der Waals surface area contributed by atoms with Crippen molar-refractivity contribution in [3.05, 3.63) is 60.3 Å². The Hall–Kier alpha value is -2.99. The number of hydrogen-bond donors (Lipinski definition) is 2. The molecule has 6 nitrogen and oxygen atoms in total. The first-order valence-electron chi connectivity index (χ1n) is 7.15. The average Bonchev–Trinajstić information content (AvgIpc) is 2.60. The quantitative estimate of drug-likeness (QED) is 0.754. The predicted molar refractivity (Wildman–Crippen MR) is 85.5 cm³/mol. The number of para-hydroxylation sites is 2. The minimum atomic E-state index is -0.269. The van der Waals surface area contributed by atoms with E-state index in [0.29, 0.717) is 17.2 Å². The number of nitrogens with zero attached hydrogens (tertiary/aromatic N) is 2. The third-order valence-electron chi connectivity index (χ3n) is 3.14. The van der Waals surface area contributed by atoms with Gasteiger partial charge in [-0.15, -0.1) is 0 Å². The van der Waals surface area contributed by atoms with Gasteiger partial charge >= 0.3 is 0 Å². The summed E-state index contributed by atoms with van der Waals surface area (Å²) in [6, 6.07) is 14.2. The van der Waals surface area contributed by atoms with Crippen molar-refractivity contribution in [2.24, 2.45) is 0 Å². The molecule has 1 heterocycles. The lowest BCUT2D eigenvalue weighted by Crippen LogP contribution is -2.26. The first kappa shape index (κ1) is 14.9. The Morgan fingerprint density at radius 2 is 1.96 bits per heavy atom. The molecule has 2 aromatic carbocycles. The number of fused-ring (bicyclic) bond motifs is 1. The summed E-state index contributed by atoms with van der Waals surface area (Å²) < 4.78 is 5.68. The molecule has 0 saturated heterocycles. The minimum absolute atomic E-state index is 0.103. The van der Waals surface area contributed by atoms with Crippen LogP contribution in [0.3, 0.4) is 0 Å². The molecule has 0 atom stereocenters. The van der Waals surface area contributed by atoms with E-state index in [0.717, 1.165) is 11.0 Å². The summed E-state index contributed by atoms with van der Waals surface area (Å²) >= 11 is 0. The lowest BCUT2D eigenvalue weighted by molar-refractivity contribution is 0.0944. The zero-order valence-electron chi connectivity index (χ0n) is 12.3. The van der Waals surface area contributed by atoms with Gasteiger partial charge in [-0.05, 0) is 30.3 Å². The third kappa shape index (κ3) is 3.61. The zero-order chi connectivity index (χ0) is 16.1. The van der Waals surface area contributed by atoms with Crippen molar-refractivity contribution in [1.29, 1.82) is 0 Å². The Labute approximate surface area is 132 Å². The maximum Gasteiger partial charge on any atom is 0.251 e. The van der Waals surface area contributed by atoms with Crippen molar-refractivity contribution in [2.45, 2.75) is 0 Å². The van der Waals surface area contributed by atoms with Gasteiger partial charge in [0, 0.05) is 12.1 Å². The van der Waals surface area contributed by atoms with Crippen LogP contribution in [-0.2, 0) is 0 Å². The molecule has 3 aromatic rings. The fourth-order valence-corrected chi connectivity index (χ4v) is 2.08. The van der Waals surface area contributed by atoms with E-state index in [1.807, 2.05) is 24.3 Å². The first-order valence-corrected chi connectivity index (χ1v) is 7.15. The maximum atomic E-state index is 11.9. The van der Waals surface area contributed by atoms with Crippen molar-refractivity contribution in [3.8, 4) is 11.6 Å². The molecule has 0 radical (unpaired) electrons. The smallest absolute Gasteiger partial charge is 0.251 e. The Balaban J connectivity index is 1.80. The predicted octanol–water partition coefficient (Wildman–Crippen LogP) is 2.14. The van der Waals surface area contributed by atoms with Gasteiger partial charge in [0.15, 0.2) is 0 Å². The summed E-state index contributed by atoms with van der Waals surface area (Å²) in [7, 11) is 0. The van der Waals surface area contributed by atoms with Crippen LogP contribution in [0.1, 0.15) is 10.4 Å². The van der Waals surface area contributed by atoms with E-state index in [4.69, 9.17) is 9.84 Å². The normalized spacial score (nSPS) is 10.5. The van der Waals surface area contributed by atoms with Gasteiger partial charge in [-0.1, -0.05) is 18.2 Å². The van der Waals surface area contributed by atoms with Gasteiger partial charge in [-0.3, -0.25) is 4.79 Å². The highest BCUT2D eigenvalue weighted by Gasteiger charge is 2.07. The van der Waals surface area contributed by atoms with E-state index in [-0.39, 0.29) is 19.1 Å². The number of rotatable bonds is 5. The molecule has 2 N–H and O–H groups in total. The highest BCUT2D eigenvalue weighted by Crippen LogP contribution is 2.21.